The van der Waals surface area contributed by atoms with Crippen LogP contribution in [0.15, 0.2) is 53.5 Å². The summed E-state index contributed by atoms with van der Waals surface area (Å²) in [6.07, 6.45) is 3.83. The van der Waals surface area contributed by atoms with Gasteiger partial charge in [-0.15, -0.1) is 0 Å². The van der Waals surface area contributed by atoms with Crippen LogP contribution in [0.1, 0.15) is 19.3 Å². The molecular formula is C27H31N3O6. The van der Waals surface area contributed by atoms with E-state index in [0.717, 1.165) is 49.2 Å². The smallest absolute Gasteiger partial charge is 0.407 e. The first-order chi connectivity index (χ1) is 17.5. The molecule has 190 valence electrons. The van der Waals surface area contributed by atoms with Gasteiger partial charge in [-0.05, 0) is 61.0 Å². The molecule has 0 radical (unpaired) electrons. The number of methoxy groups -OCH3 is 1. The molecule has 9 nitrogen and oxygen atoms in total. The van der Waals surface area contributed by atoms with E-state index in [1.807, 2.05) is 36.4 Å². The van der Waals surface area contributed by atoms with Crippen molar-refractivity contribution in [3.05, 3.63) is 59.0 Å². The number of ether oxygens (including phenoxy) is 3. The lowest BCUT2D eigenvalue weighted by atomic mass is 10.1. The SMILES string of the molecule is COc1cc(-n2ccc3cc(OC[C@@H]4CCCO4)ccc3c2=O)ccc1N1CCCN(C(=O)O)CC1. The quantitative estimate of drug-likeness (QED) is 0.559. The van der Waals surface area contributed by atoms with E-state index in [1.165, 1.54) is 4.90 Å². The first kappa shape index (κ1) is 24.0. The lowest BCUT2D eigenvalue weighted by molar-refractivity contribution is 0.0680. The standard InChI is InChI=1S/C27H31N3O6/c1-34-25-17-20(5-8-24(25)28-10-3-11-29(14-13-28)27(32)33)30-12-9-19-16-21(6-7-23(19)26(30)31)36-18-22-4-2-15-35-22/h5-9,12,16-17,22H,2-4,10-11,13-15,18H2,1H3,(H,32,33)/t22-/m0/s1. The van der Waals surface area contributed by atoms with Crippen LogP contribution < -0.4 is 19.9 Å². The van der Waals surface area contributed by atoms with E-state index in [9.17, 15) is 14.7 Å². The van der Waals surface area contributed by atoms with Crippen LogP contribution in [-0.4, -0.2) is 73.3 Å². The van der Waals surface area contributed by atoms with Gasteiger partial charge in [0.1, 0.15) is 18.1 Å². The fourth-order valence-electron chi connectivity index (χ4n) is 4.91. The van der Waals surface area contributed by atoms with Gasteiger partial charge in [-0.3, -0.25) is 9.36 Å². The average Bonchev–Trinajstić information content (AvgIpc) is 3.29. The van der Waals surface area contributed by atoms with E-state index < -0.39 is 6.09 Å². The molecule has 0 aliphatic carbocycles. The predicted molar refractivity (Wildman–Crippen MR) is 137 cm³/mol. The van der Waals surface area contributed by atoms with E-state index in [0.29, 0.717) is 43.1 Å². The van der Waals surface area contributed by atoms with Crippen molar-refractivity contribution in [2.45, 2.75) is 25.4 Å². The molecule has 0 spiro atoms. The van der Waals surface area contributed by atoms with Crippen LogP contribution in [0.5, 0.6) is 11.5 Å². The maximum atomic E-state index is 13.3. The second-order valence-corrected chi connectivity index (χ2v) is 9.15. The van der Waals surface area contributed by atoms with Gasteiger partial charge in [0.25, 0.3) is 5.56 Å². The highest BCUT2D eigenvalue weighted by Gasteiger charge is 2.21. The Kier molecular flexibility index (Phi) is 6.99. The summed E-state index contributed by atoms with van der Waals surface area (Å²) in [4.78, 5) is 28.2. The molecule has 0 saturated carbocycles. The van der Waals surface area contributed by atoms with Crippen LogP contribution in [0.4, 0.5) is 10.5 Å². The van der Waals surface area contributed by atoms with E-state index in [1.54, 1.807) is 23.9 Å². The molecule has 2 saturated heterocycles. The number of amides is 1. The Balaban J connectivity index is 1.38. The molecule has 2 aromatic carbocycles. The number of hydrogen-bond acceptors (Lipinski definition) is 6. The number of fused-ring (bicyclic) bond motifs is 1. The first-order valence-corrected chi connectivity index (χ1v) is 12.3. The zero-order valence-electron chi connectivity index (χ0n) is 20.4. The van der Waals surface area contributed by atoms with Crippen LogP contribution >= 0.6 is 0 Å². The minimum absolute atomic E-state index is 0.125. The number of carboxylic acid groups (broad SMARTS) is 1. The van der Waals surface area contributed by atoms with Gasteiger partial charge in [0.2, 0.25) is 0 Å². The number of hydrogen-bond donors (Lipinski definition) is 1. The van der Waals surface area contributed by atoms with Crippen LogP contribution in [0.3, 0.4) is 0 Å². The van der Waals surface area contributed by atoms with Gasteiger partial charge >= 0.3 is 6.09 Å². The van der Waals surface area contributed by atoms with Crippen molar-refractivity contribution in [3.8, 4) is 17.2 Å². The molecule has 1 atom stereocenters. The molecule has 3 aromatic rings. The zero-order valence-corrected chi connectivity index (χ0v) is 20.4. The first-order valence-electron chi connectivity index (χ1n) is 12.3. The second-order valence-electron chi connectivity index (χ2n) is 9.15. The lowest BCUT2D eigenvalue weighted by Gasteiger charge is -2.25. The third kappa shape index (κ3) is 4.97. The molecule has 0 bridgehead atoms. The molecule has 36 heavy (non-hydrogen) atoms. The van der Waals surface area contributed by atoms with Gasteiger partial charge in [0.05, 0.1) is 24.6 Å². The molecule has 3 heterocycles. The minimum Gasteiger partial charge on any atom is -0.495 e. The number of anilines is 1. The Bertz CT molecular complexity index is 1300. The molecule has 9 heteroatoms. The van der Waals surface area contributed by atoms with Gasteiger partial charge in [0, 0.05) is 50.4 Å². The van der Waals surface area contributed by atoms with Gasteiger partial charge < -0.3 is 29.1 Å². The highest BCUT2D eigenvalue weighted by molar-refractivity contribution is 5.83. The summed E-state index contributed by atoms with van der Waals surface area (Å²) in [6.45, 7) is 3.56. The number of nitrogens with zero attached hydrogens (tertiary/aromatic N) is 3. The summed E-state index contributed by atoms with van der Waals surface area (Å²) in [7, 11) is 1.60. The fourth-order valence-corrected chi connectivity index (χ4v) is 4.91. The zero-order chi connectivity index (χ0) is 25.1. The fraction of sp³-hybridized carbons (Fsp3) is 0.407. The van der Waals surface area contributed by atoms with Crippen LogP contribution in [0, 0.1) is 0 Å². The molecule has 2 aliphatic heterocycles. The Hall–Kier alpha value is -3.72. The Morgan fingerprint density at radius 1 is 1.08 bits per heavy atom. The van der Waals surface area contributed by atoms with Crippen molar-refractivity contribution in [1.29, 1.82) is 0 Å². The van der Waals surface area contributed by atoms with Crippen molar-refractivity contribution in [2.24, 2.45) is 0 Å². The Morgan fingerprint density at radius 3 is 2.75 bits per heavy atom. The third-order valence-electron chi connectivity index (χ3n) is 6.88. The molecular weight excluding hydrogens is 462 g/mol. The maximum Gasteiger partial charge on any atom is 0.407 e. The molecule has 2 fully saturated rings. The number of rotatable bonds is 6. The second kappa shape index (κ2) is 10.5. The van der Waals surface area contributed by atoms with E-state index in [-0.39, 0.29) is 11.7 Å². The molecule has 5 rings (SSSR count). The topological polar surface area (TPSA) is 93.5 Å². The van der Waals surface area contributed by atoms with Gasteiger partial charge in [-0.25, -0.2) is 4.79 Å². The van der Waals surface area contributed by atoms with Gasteiger partial charge in [-0.1, -0.05) is 0 Å². The highest BCUT2D eigenvalue weighted by atomic mass is 16.5. The Morgan fingerprint density at radius 2 is 1.97 bits per heavy atom. The lowest BCUT2D eigenvalue weighted by Crippen LogP contribution is -2.34. The summed E-state index contributed by atoms with van der Waals surface area (Å²) in [5.41, 5.74) is 1.46. The summed E-state index contributed by atoms with van der Waals surface area (Å²) in [6, 6.07) is 13.1. The maximum absolute atomic E-state index is 13.3. The van der Waals surface area contributed by atoms with E-state index >= 15 is 0 Å². The number of aromatic nitrogens is 1. The van der Waals surface area contributed by atoms with Crippen molar-refractivity contribution < 1.29 is 24.1 Å². The highest BCUT2D eigenvalue weighted by Crippen LogP contribution is 2.31. The van der Waals surface area contributed by atoms with Crippen molar-refractivity contribution >= 4 is 22.6 Å². The molecule has 1 aromatic heterocycles. The molecule has 1 amide bonds. The van der Waals surface area contributed by atoms with Crippen LogP contribution in [0.25, 0.3) is 16.5 Å². The van der Waals surface area contributed by atoms with E-state index in [2.05, 4.69) is 4.90 Å². The van der Waals surface area contributed by atoms with Crippen molar-refractivity contribution in [3.63, 3.8) is 0 Å². The summed E-state index contributed by atoms with van der Waals surface area (Å²) >= 11 is 0. The minimum atomic E-state index is -0.892. The number of pyridine rings is 1. The van der Waals surface area contributed by atoms with Crippen molar-refractivity contribution in [1.82, 2.24) is 9.47 Å². The number of carbonyl (C=O) groups is 1. The molecule has 0 unspecified atom stereocenters. The monoisotopic (exact) mass is 493 g/mol. The van der Waals surface area contributed by atoms with Crippen LogP contribution in [-0.2, 0) is 4.74 Å². The normalized spacial score (nSPS) is 18.3. The van der Waals surface area contributed by atoms with Crippen molar-refractivity contribution in [2.75, 3.05) is 51.4 Å². The number of benzene rings is 2. The summed E-state index contributed by atoms with van der Waals surface area (Å²) in [5, 5.41) is 10.7. The average molecular weight is 494 g/mol. The van der Waals surface area contributed by atoms with Gasteiger partial charge in [0.15, 0.2) is 0 Å². The largest absolute Gasteiger partial charge is 0.495 e. The van der Waals surface area contributed by atoms with Crippen LogP contribution in [0.2, 0.25) is 0 Å². The third-order valence-corrected chi connectivity index (χ3v) is 6.88. The molecule has 1 N–H and O–H groups in total. The van der Waals surface area contributed by atoms with Gasteiger partial charge in [-0.2, -0.15) is 0 Å². The van der Waals surface area contributed by atoms with E-state index in [4.69, 9.17) is 14.2 Å². The summed E-state index contributed by atoms with van der Waals surface area (Å²) < 4.78 is 18.8. The predicted octanol–water partition coefficient (Wildman–Crippen LogP) is 3.75. The summed E-state index contributed by atoms with van der Waals surface area (Å²) in [5.74, 6) is 1.36. The molecule has 2 aliphatic rings. The Labute approximate surface area is 209 Å².